The van der Waals surface area contributed by atoms with Crippen LogP contribution in [0.2, 0.25) is 0 Å². The van der Waals surface area contributed by atoms with Gasteiger partial charge in [0.2, 0.25) is 11.7 Å². The van der Waals surface area contributed by atoms with Gasteiger partial charge in [-0.25, -0.2) is 0 Å². The van der Waals surface area contributed by atoms with Crippen LogP contribution < -0.4 is 4.74 Å². The zero-order valence-electron chi connectivity index (χ0n) is 15.7. The highest BCUT2D eigenvalue weighted by Crippen LogP contribution is 2.18. The molecule has 140 valence electrons. The molecule has 0 fully saturated rings. The Bertz CT molecular complexity index is 863. The van der Waals surface area contributed by atoms with Crippen molar-refractivity contribution in [3.63, 3.8) is 0 Å². The van der Waals surface area contributed by atoms with E-state index in [2.05, 4.69) is 10.1 Å². The van der Waals surface area contributed by atoms with Crippen molar-refractivity contribution >= 4 is 5.91 Å². The fourth-order valence-corrected chi connectivity index (χ4v) is 2.67. The van der Waals surface area contributed by atoms with Crippen LogP contribution in [-0.2, 0) is 11.3 Å². The summed E-state index contributed by atoms with van der Waals surface area (Å²) in [4.78, 5) is 19.0. The highest BCUT2D eigenvalue weighted by molar-refractivity contribution is 5.81. The van der Waals surface area contributed by atoms with Gasteiger partial charge in [-0.05, 0) is 32.9 Å². The molecule has 1 amide bonds. The predicted octanol–water partition coefficient (Wildman–Crippen LogP) is 3.94. The molecule has 3 rings (SSSR count). The minimum absolute atomic E-state index is 0.0357. The first-order valence-electron chi connectivity index (χ1n) is 8.95. The van der Waals surface area contributed by atoms with Gasteiger partial charge in [0.1, 0.15) is 12.3 Å². The summed E-state index contributed by atoms with van der Waals surface area (Å²) in [5.74, 6) is 1.43. The number of rotatable bonds is 7. The molecule has 0 saturated carbocycles. The second kappa shape index (κ2) is 8.49. The van der Waals surface area contributed by atoms with Crippen LogP contribution in [0.25, 0.3) is 11.4 Å². The van der Waals surface area contributed by atoms with Crippen molar-refractivity contribution in [2.45, 2.75) is 39.5 Å². The summed E-state index contributed by atoms with van der Waals surface area (Å²) in [5, 5.41) is 4.02. The quantitative estimate of drug-likeness (QED) is 0.634. The smallest absolute Gasteiger partial charge is 0.264 e. The summed E-state index contributed by atoms with van der Waals surface area (Å²) < 4.78 is 11.1. The summed E-state index contributed by atoms with van der Waals surface area (Å²) in [5.41, 5.74) is 0.871. The van der Waals surface area contributed by atoms with E-state index in [1.807, 2.05) is 74.5 Å². The van der Waals surface area contributed by atoms with Gasteiger partial charge in [0.15, 0.2) is 6.10 Å². The van der Waals surface area contributed by atoms with E-state index in [0.29, 0.717) is 17.5 Å². The molecule has 27 heavy (non-hydrogen) atoms. The van der Waals surface area contributed by atoms with Crippen molar-refractivity contribution < 1.29 is 14.1 Å². The van der Waals surface area contributed by atoms with E-state index < -0.39 is 6.10 Å². The summed E-state index contributed by atoms with van der Waals surface area (Å²) >= 11 is 0. The van der Waals surface area contributed by atoms with E-state index in [1.54, 1.807) is 11.8 Å². The maximum absolute atomic E-state index is 12.9. The van der Waals surface area contributed by atoms with Crippen LogP contribution in [0.5, 0.6) is 5.75 Å². The summed E-state index contributed by atoms with van der Waals surface area (Å²) in [6, 6.07) is 18.8. The molecule has 0 unspecified atom stereocenters. The monoisotopic (exact) mass is 365 g/mol. The van der Waals surface area contributed by atoms with Crippen LogP contribution in [0.3, 0.4) is 0 Å². The molecule has 0 aliphatic heterocycles. The number of amides is 1. The standard InChI is InChI=1S/C21H23N3O3/c1-15(2)24(21(25)16(3)26-18-12-8-5-9-13-18)14-19-22-20(23-27-19)17-10-6-4-7-11-17/h4-13,15-16H,14H2,1-3H3/t16-/m1/s1. The molecular formula is C21H23N3O3. The Hall–Kier alpha value is -3.15. The van der Waals surface area contributed by atoms with Crippen LogP contribution in [0.4, 0.5) is 0 Å². The number of para-hydroxylation sites is 1. The minimum Gasteiger partial charge on any atom is -0.481 e. The van der Waals surface area contributed by atoms with Gasteiger partial charge in [-0.1, -0.05) is 53.7 Å². The van der Waals surface area contributed by atoms with E-state index >= 15 is 0 Å². The number of ether oxygens (including phenoxy) is 1. The van der Waals surface area contributed by atoms with Crippen LogP contribution in [0.15, 0.2) is 65.2 Å². The molecule has 0 aliphatic carbocycles. The lowest BCUT2D eigenvalue weighted by Crippen LogP contribution is -2.43. The number of hydrogen-bond acceptors (Lipinski definition) is 5. The van der Waals surface area contributed by atoms with Gasteiger partial charge in [-0.15, -0.1) is 0 Å². The van der Waals surface area contributed by atoms with E-state index in [-0.39, 0.29) is 18.5 Å². The highest BCUT2D eigenvalue weighted by atomic mass is 16.5. The molecule has 1 aromatic heterocycles. The Morgan fingerprint density at radius 2 is 1.67 bits per heavy atom. The Balaban J connectivity index is 1.70. The fourth-order valence-electron chi connectivity index (χ4n) is 2.67. The van der Waals surface area contributed by atoms with Crippen molar-refractivity contribution in [1.82, 2.24) is 15.0 Å². The third kappa shape index (κ3) is 4.73. The van der Waals surface area contributed by atoms with E-state index in [4.69, 9.17) is 9.26 Å². The van der Waals surface area contributed by atoms with Gasteiger partial charge in [0.25, 0.3) is 5.91 Å². The average molecular weight is 365 g/mol. The van der Waals surface area contributed by atoms with Crippen molar-refractivity contribution in [2.75, 3.05) is 0 Å². The van der Waals surface area contributed by atoms with E-state index in [1.165, 1.54) is 0 Å². The molecule has 0 saturated heterocycles. The second-order valence-electron chi connectivity index (χ2n) is 6.51. The largest absolute Gasteiger partial charge is 0.481 e. The molecular weight excluding hydrogens is 342 g/mol. The molecule has 0 N–H and O–H groups in total. The molecule has 6 heteroatoms. The Morgan fingerprint density at radius 1 is 1.04 bits per heavy atom. The molecule has 6 nitrogen and oxygen atoms in total. The van der Waals surface area contributed by atoms with Crippen LogP contribution >= 0.6 is 0 Å². The van der Waals surface area contributed by atoms with E-state index in [0.717, 1.165) is 5.56 Å². The minimum atomic E-state index is -0.619. The van der Waals surface area contributed by atoms with Crippen molar-refractivity contribution in [1.29, 1.82) is 0 Å². The number of carbonyl (C=O) groups excluding carboxylic acids is 1. The number of nitrogens with zero attached hydrogens (tertiary/aromatic N) is 3. The molecule has 1 heterocycles. The van der Waals surface area contributed by atoms with E-state index in [9.17, 15) is 4.79 Å². The first-order chi connectivity index (χ1) is 13.0. The molecule has 2 aromatic carbocycles. The topological polar surface area (TPSA) is 68.5 Å². The maximum atomic E-state index is 12.9. The lowest BCUT2D eigenvalue weighted by atomic mass is 10.2. The van der Waals surface area contributed by atoms with Crippen molar-refractivity contribution in [2.24, 2.45) is 0 Å². The lowest BCUT2D eigenvalue weighted by molar-refractivity contribution is -0.140. The Labute approximate surface area is 158 Å². The molecule has 1 atom stereocenters. The average Bonchev–Trinajstić information content (AvgIpc) is 3.15. The third-order valence-corrected chi connectivity index (χ3v) is 4.12. The molecule has 0 aliphatic rings. The Morgan fingerprint density at radius 3 is 2.30 bits per heavy atom. The first-order valence-corrected chi connectivity index (χ1v) is 8.95. The van der Waals surface area contributed by atoms with Gasteiger partial charge in [-0.2, -0.15) is 4.98 Å². The van der Waals surface area contributed by atoms with Crippen LogP contribution in [0.1, 0.15) is 26.7 Å². The third-order valence-electron chi connectivity index (χ3n) is 4.12. The number of carbonyl (C=O) groups is 1. The maximum Gasteiger partial charge on any atom is 0.264 e. The second-order valence-corrected chi connectivity index (χ2v) is 6.51. The number of hydrogen-bond donors (Lipinski definition) is 0. The predicted molar refractivity (Wildman–Crippen MR) is 102 cm³/mol. The van der Waals surface area contributed by atoms with Crippen molar-refractivity contribution in [3.05, 3.63) is 66.6 Å². The summed E-state index contributed by atoms with van der Waals surface area (Å²) in [7, 11) is 0. The lowest BCUT2D eigenvalue weighted by Gasteiger charge is -2.28. The van der Waals surface area contributed by atoms with Crippen LogP contribution in [-0.4, -0.2) is 33.1 Å². The number of aromatic nitrogens is 2. The molecule has 0 spiro atoms. The molecule has 0 radical (unpaired) electrons. The van der Waals surface area contributed by atoms with Crippen molar-refractivity contribution in [3.8, 4) is 17.1 Å². The molecule has 3 aromatic rings. The summed E-state index contributed by atoms with van der Waals surface area (Å²) in [6.07, 6.45) is -0.619. The van der Waals surface area contributed by atoms with Gasteiger partial charge in [0, 0.05) is 11.6 Å². The highest BCUT2D eigenvalue weighted by Gasteiger charge is 2.26. The van der Waals surface area contributed by atoms with Gasteiger partial charge >= 0.3 is 0 Å². The van der Waals surface area contributed by atoms with Gasteiger partial charge < -0.3 is 14.2 Å². The van der Waals surface area contributed by atoms with Crippen LogP contribution in [0, 0.1) is 0 Å². The molecule has 0 bridgehead atoms. The summed E-state index contributed by atoms with van der Waals surface area (Å²) in [6.45, 7) is 5.87. The first kappa shape index (κ1) is 18.6. The van der Waals surface area contributed by atoms with Gasteiger partial charge in [0.05, 0.1) is 0 Å². The number of benzene rings is 2. The zero-order chi connectivity index (χ0) is 19.2. The van der Waals surface area contributed by atoms with Gasteiger partial charge in [-0.3, -0.25) is 4.79 Å². The Kier molecular flexibility index (Phi) is 5.86. The normalized spacial score (nSPS) is 12.0. The zero-order valence-corrected chi connectivity index (χ0v) is 15.7. The fraction of sp³-hybridized carbons (Fsp3) is 0.286. The SMILES string of the molecule is CC(C)N(Cc1nc(-c2ccccc2)no1)C(=O)[C@@H](C)Oc1ccccc1.